The molecule has 3 rings (SSSR count). The van der Waals surface area contributed by atoms with Gasteiger partial charge in [-0.3, -0.25) is 4.90 Å². The molecule has 25 heavy (non-hydrogen) atoms. The van der Waals surface area contributed by atoms with E-state index in [0.29, 0.717) is 0 Å². The van der Waals surface area contributed by atoms with Gasteiger partial charge in [0.05, 0.1) is 32.9 Å². The molecule has 0 saturated carbocycles. The van der Waals surface area contributed by atoms with Crippen LogP contribution in [0, 0.1) is 0 Å². The first-order chi connectivity index (χ1) is 12.3. The molecular formula is C20H26N2O3. The van der Waals surface area contributed by atoms with Crippen LogP contribution in [0.5, 0.6) is 17.2 Å². The largest absolute Gasteiger partial charge is 0.497 e. The zero-order valence-corrected chi connectivity index (χ0v) is 15.1. The van der Waals surface area contributed by atoms with Crippen molar-refractivity contribution in [2.45, 2.75) is 6.04 Å². The maximum absolute atomic E-state index is 5.68. The topological polar surface area (TPSA) is 43.0 Å². The van der Waals surface area contributed by atoms with Gasteiger partial charge >= 0.3 is 0 Å². The molecule has 0 bridgehead atoms. The average molecular weight is 342 g/mol. The predicted molar refractivity (Wildman–Crippen MR) is 98.8 cm³/mol. The van der Waals surface area contributed by atoms with E-state index in [9.17, 15) is 0 Å². The van der Waals surface area contributed by atoms with Crippen molar-refractivity contribution in [3.8, 4) is 17.2 Å². The van der Waals surface area contributed by atoms with Crippen molar-refractivity contribution < 1.29 is 14.2 Å². The third-order valence-electron chi connectivity index (χ3n) is 4.67. The second kappa shape index (κ2) is 8.23. The van der Waals surface area contributed by atoms with Crippen molar-refractivity contribution in [1.29, 1.82) is 0 Å². The summed E-state index contributed by atoms with van der Waals surface area (Å²) < 4.78 is 16.8. The first kappa shape index (κ1) is 17.6. The number of piperazine rings is 1. The number of ether oxygens (including phenoxy) is 3. The first-order valence-electron chi connectivity index (χ1n) is 8.58. The summed E-state index contributed by atoms with van der Waals surface area (Å²) in [6.07, 6.45) is 0. The number of nitrogens with zero attached hydrogens (tertiary/aromatic N) is 1. The predicted octanol–water partition coefficient (Wildman–Crippen LogP) is 2.71. The summed E-state index contributed by atoms with van der Waals surface area (Å²) in [7, 11) is 5.11. The van der Waals surface area contributed by atoms with Crippen molar-refractivity contribution in [1.82, 2.24) is 10.2 Å². The van der Waals surface area contributed by atoms with Gasteiger partial charge in [-0.2, -0.15) is 0 Å². The van der Waals surface area contributed by atoms with E-state index in [-0.39, 0.29) is 6.04 Å². The fraction of sp³-hybridized carbons (Fsp3) is 0.400. The van der Waals surface area contributed by atoms with Gasteiger partial charge in [0.1, 0.15) is 17.2 Å². The molecule has 0 spiro atoms. The number of nitrogens with one attached hydrogen (secondary N) is 1. The van der Waals surface area contributed by atoms with Crippen LogP contribution < -0.4 is 19.5 Å². The number of benzene rings is 2. The van der Waals surface area contributed by atoms with Gasteiger partial charge in [0.25, 0.3) is 0 Å². The van der Waals surface area contributed by atoms with Gasteiger partial charge in [0.15, 0.2) is 0 Å². The van der Waals surface area contributed by atoms with Gasteiger partial charge in [-0.25, -0.2) is 0 Å². The molecule has 0 aliphatic carbocycles. The molecule has 1 fully saturated rings. The van der Waals surface area contributed by atoms with E-state index in [1.54, 1.807) is 21.3 Å². The van der Waals surface area contributed by atoms with Crippen LogP contribution in [-0.4, -0.2) is 52.4 Å². The van der Waals surface area contributed by atoms with Crippen LogP contribution in [0.2, 0.25) is 0 Å². The van der Waals surface area contributed by atoms with Gasteiger partial charge in [-0.15, -0.1) is 0 Å². The summed E-state index contributed by atoms with van der Waals surface area (Å²) in [5, 5.41) is 3.42. The minimum atomic E-state index is 0.0447. The number of methoxy groups -OCH3 is 3. The van der Waals surface area contributed by atoms with Crippen molar-refractivity contribution in [3.05, 3.63) is 53.6 Å². The maximum Gasteiger partial charge on any atom is 0.127 e. The van der Waals surface area contributed by atoms with E-state index in [1.807, 2.05) is 30.3 Å². The highest BCUT2D eigenvalue weighted by Gasteiger charge is 2.29. The Morgan fingerprint density at radius 1 is 0.880 bits per heavy atom. The molecule has 0 amide bonds. The third kappa shape index (κ3) is 3.72. The molecule has 2 aromatic carbocycles. The Bertz CT molecular complexity index is 677. The van der Waals surface area contributed by atoms with Gasteiger partial charge in [-0.1, -0.05) is 18.2 Å². The monoisotopic (exact) mass is 342 g/mol. The maximum atomic E-state index is 5.68. The molecule has 2 aromatic rings. The second-order valence-electron chi connectivity index (χ2n) is 6.04. The van der Waals surface area contributed by atoms with Gasteiger partial charge in [0, 0.05) is 26.2 Å². The summed E-state index contributed by atoms with van der Waals surface area (Å²) in [6.45, 7) is 3.86. The molecule has 0 aromatic heterocycles. The smallest absolute Gasteiger partial charge is 0.127 e. The average Bonchev–Trinajstić information content (AvgIpc) is 2.69. The third-order valence-corrected chi connectivity index (χ3v) is 4.67. The molecule has 1 heterocycles. The molecule has 1 unspecified atom stereocenters. The van der Waals surface area contributed by atoms with Crippen LogP contribution in [0.3, 0.4) is 0 Å². The minimum Gasteiger partial charge on any atom is -0.497 e. The molecular weight excluding hydrogens is 316 g/mol. The molecule has 1 saturated heterocycles. The fourth-order valence-electron chi connectivity index (χ4n) is 3.46. The van der Waals surface area contributed by atoms with Crippen LogP contribution in [0.4, 0.5) is 0 Å². The Hall–Kier alpha value is -2.24. The Morgan fingerprint density at radius 3 is 2.12 bits per heavy atom. The van der Waals surface area contributed by atoms with Gasteiger partial charge in [-0.05, 0) is 29.8 Å². The molecule has 1 atom stereocenters. The minimum absolute atomic E-state index is 0.0447. The standard InChI is InChI=1S/C20H26N2O3/c1-23-16-7-4-6-15(14-16)20(22-12-10-21-11-13-22)19-17(24-2)8-5-9-18(19)25-3/h4-9,14,20-21H,10-13H2,1-3H3. The molecule has 134 valence electrons. The highest BCUT2D eigenvalue weighted by atomic mass is 16.5. The van der Waals surface area contributed by atoms with E-state index < -0.39 is 0 Å². The summed E-state index contributed by atoms with van der Waals surface area (Å²) in [5.74, 6) is 2.53. The van der Waals surface area contributed by atoms with Crippen LogP contribution in [0.15, 0.2) is 42.5 Å². The van der Waals surface area contributed by atoms with Crippen LogP contribution >= 0.6 is 0 Å². The summed E-state index contributed by atoms with van der Waals surface area (Å²) in [5.41, 5.74) is 2.23. The van der Waals surface area contributed by atoms with E-state index in [0.717, 1.165) is 49.0 Å². The lowest BCUT2D eigenvalue weighted by Crippen LogP contribution is -2.45. The SMILES string of the molecule is COc1cccc(C(c2c(OC)cccc2OC)N2CCNCC2)c1. The van der Waals surface area contributed by atoms with E-state index in [2.05, 4.69) is 22.3 Å². The van der Waals surface area contributed by atoms with Crippen LogP contribution in [0.1, 0.15) is 17.2 Å². The molecule has 1 N–H and O–H groups in total. The van der Waals surface area contributed by atoms with Crippen LogP contribution in [-0.2, 0) is 0 Å². The number of hydrogen-bond acceptors (Lipinski definition) is 5. The van der Waals surface area contributed by atoms with Crippen molar-refractivity contribution in [2.75, 3.05) is 47.5 Å². The zero-order chi connectivity index (χ0) is 17.6. The Balaban J connectivity index is 2.14. The number of rotatable bonds is 6. The highest BCUT2D eigenvalue weighted by Crippen LogP contribution is 2.41. The van der Waals surface area contributed by atoms with Crippen LogP contribution in [0.25, 0.3) is 0 Å². The van der Waals surface area contributed by atoms with Crippen molar-refractivity contribution in [2.24, 2.45) is 0 Å². The molecule has 1 aliphatic rings. The van der Waals surface area contributed by atoms with Crippen molar-refractivity contribution >= 4 is 0 Å². The highest BCUT2D eigenvalue weighted by molar-refractivity contribution is 5.51. The van der Waals surface area contributed by atoms with Crippen molar-refractivity contribution in [3.63, 3.8) is 0 Å². The fourth-order valence-corrected chi connectivity index (χ4v) is 3.46. The summed E-state index contributed by atoms with van der Waals surface area (Å²) in [4.78, 5) is 2.46. The summed E-state index contributed by atoms with van der Waals surface area (Å²) in [6, 6.07) is 14.2. The second-order valence-corrected chi connectivity index (χ2v) is 6.04. The lowest BCUT2D eigenvalue weighted by molar-refractivity contribution is 0.192. The molecule has 5 heteroatoms. The quantitative estimate of drug-likeness (QED) is 0.874. The molecule has 0 radical (unpaired) electrons. The normalized spacial score (nSPS) is 16.3. The Kier molecular flexibility index (Phi) is 5.79. The van der Waals surface area contributed by atoms with Gasteiger partial charge in [0.2, 0.25) is 0 Å². The lowest BCUT2D eigenvalue weighted by Gasteiger charge is -2.36. The van der Waals surface area contributed by atoms with E-state index in [4.69, 9.17) is 14.2 Å². The van der Waals surface area contributed by atoms with E-state index >= 15 is 0 Å². The first-order valence-corrected chi connectivity index (χ1v) is 8.58. The number of hydrogen-bond donors (Lipinski definition) is 1. The lowest BCUT2D eigenvalue weighted by atomic mass is 9.94. The zero-order valence-electron chi connectivity index (χ0n) is 15.1. The van der Waals surface area contributed by atoms with E-state index in [1.165, 1.54) is 5.56 Å². The Morgan fingerprint density at radius 2 is 1.52 bits per heavy atom. The van der Waals surface area contributed by atoms with Gasteiger partial charge < -0.3 is 19.5 Å². The molecule has 1 aliphatic heterocycles. The molecule has 5 nitrogen and oxygen atoms in total. The summed E-state index contributed by atoms with van der Waals surface area (Å²) >= 11 is 0. The Labute approximate surface area is 149 Å².